The molecule has 3 aromatic heterocycles. The number of aromatic nitrogens is 3. The van der Waals surface area contributed by atoms with Crippen LogP contribution in [0.2, 0.25) is 0 Å². The lowest BCUT2D eigenvalue weighted by molar-refractivity contribution is 0.0693. The van der Waals surface area contributed by atoms with E-state index < -0.39 is 5.97 Å². The Bertz CT molecular complexity index is 6330. The van der Waals surface area contributed by atoms with E-state index >= 15 is 0 Å². The molecule has 21 rings (SSSR count). The van der Waals surface area contributed by atoms with Gasteiger partial charge in [-0.05, 0) is 193 Å². The zero-order valence-corrected chi connectivity index (χ0v) is 76.0. The fourth-order valence-electron chi connectivity index (χ4n) is 12.7. The molecule has 6 N–H and O–H groups in total. The number of fused-ring (bicyclic) bond motifs is 7. The number of phenolic OH excluding ortho intramolecular Hbond substituents is 1. The van der Waals surface area contributed by atoms with Crippen LogP contribution in [0.4, 0.5) is 34.1 Å². The number of rotatable bonds is 12. The molecule has 1 saturated heterocycles. The van der Waals surface area contributed by atoms with Gasteiger partial charge in [0.2, 0.25) is 0 Å². The van der Waals surface area contributed by atoms with Crippen LogP contribution in [0.25, 0.3) is 62.4 Å². The van der Waals surface area contributed by atoms with E-state index in [1.54, 1.807) is 46.1 Å². The van der Waals surface area contributed by atoms with Crippen molar-refractivity contribution < 1.29 is 43.8 Å². The molecule has 3 aliphatic rings. The van der Waals surface area contributed by atoms with Gasteiger partial charge in [0, 0.05) is 48.6 Å². The van der Waals surface area contributed by atoms with Gasteiger partial charge in [-0.25, -0.2) is 19.7 Å². The number of ether oxygens (including phenoxy) is 5. The van der Waals surface area contributed by atoms with Crippen molar-refractivity contribution in [1.82, 2.24) is 15.0 Å². The molecule has 124 heavy (non-hydrogen) atoms. The summed E-state index contributed by atoms with van der Waals surface area (Å²) in [6.07, 6.45) is 2.56. The standard InChI is InChI=1S/C32H22N2O2S.C20H14BrNOS.C13H8BrNOS.C12H9NO.C7H5BrO3.C7H7Br.C6H7NS.C4H8O/c1-2-10-22(11-3-1)21-35-30-20-23(18-19-24(30)32-33-25-12-4-9-17-31(25)37-32)34-26-13-5-7-15-28(26)36-29-16-8-6-14-27(29)34;21-15-10-11-16(20-22-17-8-4-5-9-19(17)24-20)18(12-15)23-13-14-6-2-1-3-7-14;14-8-5-6-9(11(16)7-8)13-15-10-3-1-2-4-12(10)17-13;1-3-7-11-9(5-1)13-10-6-2-4-8-12(10)14-11;8-4-1-2-5(7(10)11)6(9)3-4;8-6-7-4-2-1-3-5-7;7-5-3-1-2-4-6(5)8;1-2-4-5-3-1/h1-20H,21H2;1-12H,13H2;1-7,16H;1-8,13H;1-3,9H,(H,10,11);1-5H,6H2;1-4,8H,7H2;1-4H2. The topological polar surface area (TPSA) is 204 Å². The Balaban J connectivity index is 0.000000125. The first-order chi connectivity index (χ1) is 60.6. The molecule has 0 unspecified atom stereocenters. The molecule has 3 aliphatic heterocycles. The van der Waals surface area contributed by atoms with Crippen molar-refractivity contribution in [2.75, 3.05) is 29.2 Å². The molecule has 0 saturated carbocycles. The van der Waals surface area contributed by atoms with Crippen LogP contribution in [0.1, 0.15) is 39.9 Å². The molecule has 15 aromatic carbocycles. The van der Waals surface area contributed by atoms with Crippen LogP contribution < -0.4 is 34.9 Å². The minimum absolute atomic E-state index is 0.0896. The molecule has 18 aromatic rings. The van der Waals surface area contributed by atoms with Crippen molar-refractivity contribution >= 4 is 181 Å². The molecule has 0 bridgehead atoms. The Morgan fingerprint density at radius 3 is 1.25 bits per heavy atom. The number of nitrogens with two attached hydrogens (primary N) is 1. The van der Waals surface area contributed by atoms with Crippen LogP contribution in [-0.4, -0.2) is 49.5 Å². The maximum Gasteiger partial charge on any atom is 0.339 e. The fraction of sp³-hybridized carbons (Fsp3) is 0.0693. The number of carboxylic acid groups (broad SMARTS) is 1. The summed E-state index contributed by atoms with van der Waals surface area (Å²) in [6, 6.07) is 117. The zero-order valence-electron chi connectivity index (χ0n) is 66.4. The Kier molecular flexibility index (Phi) is 31.5. The average molecular weight is 1970 g/mol. The normalized spacial score (nSPS) is 11.5. The summed E-state index contributed by atoms with van der Waals surface area (Å²) in [5.41, 5.74) is 20.5. The first-order valence-electron chi connectivity index (χ1n) is 39.2. The molecule has 6 heterocycles. The minimum Gasteiger partial charge on any atom is -0.507 e. The van der Waals surface area contributed by atoms with Crippen molar-refractivity contribution in [3.63, 3.8) is 0 Å². The number of aromatic hydroxyl groups is 2. The molecular formula is C101H80Br4N6O9S4. The predicted octanol–water partition coefficient (Wildman–Crippen LogP) is 30.2. The van der Waals surface area contributed by atoms with Crippen LogP contribution in [0.5, 0.6) is 46.0 Å². The largest absolute Gasteiger partial charge is 0.507 e. The third kappa shape index (κ3) is 24.0. The molecule has 620 valence electrons. The average Bonchev–Trinajstić information content (AvgIpc) is 1.68. The summed E-state index contributed by atoms with van der Waals surface area (Å²) in [7, 11) is 0. The van der Waals surface area contributed by atoms with Gasteiger partial charge >= 0.3 is 5.97 Å². The second-order valence-electron chi connectivity index (χ2n) is 27.5. The van der Waals surface area contributed by atoms with Crippen LogP contribution in [0.15, 0.2) is 376 Å². The number of hydrogen-bond acceptors (Lipinski definition) is 18. The third-order valence-electron chi connectivity index (χ3n) is 18.8. The number of para-hydroxylation sites is 12. The highest BCUT2D eigenvalue weighted by Gasteiger charge is 2.27. The van der Waals surface area contributed by atoms with E-state index in [1.165, 1.54) is 35.2 Å². The summed E-state index contributed by atoms with van der Waals surface area (Å²) in [6.45, 7) is 3.01. The molecular weight excluding hydrogens is 1890 g/mol. The SMILES string of the molecule is BrCc1ccccc1.Brc1ccc(-c2nc3ccccc3s2)c(OCc2ccccc2)c1.C1CCOC1.Nc1ccccc1S.O=C(O)c1ccc(Br)cc1O.Oc1cc(Br)ccc1-c1nc2ccccc2s1.c1ccc(COc2cc(N3c4ccccc4Oc4ccccc43)ccc2-c2nc3ccccc3s2)cc1.c1ccc2c(c1)Nc1ccccc1O2. The lowest BCUT2D eigenvalue weighted by Gasteiger charge is -2.33. The first kappa shape index (κ1) is 88.2. The Morgan fingerprint density at radius 1 is 0.427 bits per heavy atom. The van der Waals surface area contributed by atoms with Crippen molar-refractivity contribution in [2.45, 2.75) is 36.3 Å². The summed E-state index contributed by atoms with van der Waals surface area (Å²) < 4.78 is 35.4. The van der Waals surface area contributed by atoms with E-state index in [1.807, 2.05) is 243 Å². The first-order valence-corrected chi connectivity index (χ1v) is 45.6. The van der Waals surface area contributed by atoms with Gasteiger partial charge in [-0.2, -0.15) is 0 Å². The second-order valence-corrected chi connectivity index (χ2v) is 34.4. The predicted molar refractivity (Wildman–Crippen MR) is 525 cm³/mol. The Hall–Kier alpha value is -12.1. The van der Waals surface area contributed by atoms with Crippen LogP contribution in [0, 0.1) is 0 Å². The van der Waals surface area contributed by atoms with Crippen molar-refractivity contribution in [1.29, 1.82) is 0 Å². The lowest BCUT2D eigenvalue weighted by Crippen LogP contribution is -2.15. The molecule has 0 radical (unpaired) electrons. The maximum absolute atomic E-state index is 10.4. The van der Waals surface area contributed by atoms with Gasteiger partial charge in [-0.15, -0.1) is 46.6 Å². The third-order valence-corrected chi connectivity index (χ3v) is 24.6. The van der Waals surface area contributed by atoms with E-state index in [4.69, 9.17) is 49.6 Å². The van der Waals surface area contributed by atoms with Crippen LogP contribution >= 0.6 is 110 Å². The number of phenols is 2. The van der Waals surface area contributed by atoms with E-state index in [-0.39, 0.29) is 17.1 Å². The minimum atomic E-state index is -1.13. The second kappa shape index (κ2) is 44.3. The molecule has 0 atom stereocenters. The van der Waals surface area contributed by atoms with Crippen molar-refractivity contribution in [3.05, 3.63) is 394 Å². The number of aromatic carboxylic acids is 1. The number of thiol groups is 1. The number of halogens is 4. The number of nitrogens with one attached hydrogen (secondary N) is 1. The number of nitrogen functional groups attached to an aromatic ring is 1. The zero-order chi connectivity index (χ0) is 85.9. The highest BCUT2D eigenvalue weighted by atomic mass is 79.9. The molecule has 0 aliphatic carbocycles. The number of nitrogens with zero attached hydrogens (tertiary/aromatic N) is 4. The van der Waals surface area contributed by atoms with Crippen molar-refractivity contribution in [3.8, 4) is 77.7 Å². The Labute approximate surface area is 769 Å². The number of hydrogen-bond donors (Lipinski definition) is 6. The number of benzene rings is 15. The van der Waals surface area contributed by atoms with E-state index in [0.29, 0.717) is 17.7 Å². The number of thiazole rings is 3. The summed E-state index contributed by atoms with van der Waals surface area (Å²) in [5.74, 6) is 3.93. The highest BCUT2D eigenvalue weighted by Crippen LogP contribution is 2.52. The van der Waals surface area contributed by atoms with Gasteiger partial charge in [0.05, 0.1) is 75.8 Å². The van der Waals surface area contributed by atoms with Gasteiger partial charge < -0.3 is 55.0 Å². The van der Waals surface area contributed by atoms with Gasteiger partial charge in [-0.1, -0.05) is 252 Å². The van der Waals surface area contributed by atoms with E-state index in [0.717, 1.165) is 170 Å². The number of carboxylic acids is 1. The smallest absolute Gasteiger partial charge is 0.339 e. The van der Waals surface area contributed by atoms with Crippen molar-refractivity contribution in [2.24, 2.45) is 0 Å². The summed E-state index contributed by atoms with van der Waals surface area (Å²) >= 11 is 22.3. The molecule has 15 nitrogen and oxygen atoms in total. The molecule has 0 amide bonds. The van der Waals surface area contributed by atoms with E-state index in [9.17, 15) is 9.90 Å². The van der Waals surface area contributed by atoms with Gasteiger partial charge in [-0.3, -0.25) is 0 Å². The van der Waals surface area contributed by atoms with Gasteiger partial charge in [0.1, 0.15) is 56.8 Å². The monoisotopic (exact) mass is 1960 g/mol. The fourth-order valence-corrected chi connectivity index (χ4v) is 17.2. The van der Waals surface area contributed by atoms with Gasteiger partial charge in [0.15, 0.2) is 23.0 Å². The van der Waals surface area contributed by atoms with Crippen LogP contribution in [0.3, 0.4) is 0 Å². The molecule has 23 heteroatoms. The number of anilines is 6. The quantitative estimate of drug-likeness (QED) is 0.0383. The maximum atomic E-state index is 10.4. The lowest BCUT2D eigenvalue weighted by atomic mass is 10.1. The summed E-state index contributed by atoms with van der Waals surface area (Å²) in [5, 5.41) is 34.5. The number of carbonyl (C=O) groups is 1. The summed E-state index contributed by atoms with van der Waals surface area (Å²) in [4.78, 5) is 27.6. The van der Waals surface area contributed by atoms with Gasteiger partial charge in [0.25, 0.3) is 0 Å². The van der Waals surface area contributed by atoms with Crippen LogP contribution in [-0.2, 0) is 23.3 Å². The number of alkyl halides is 1. The highest BCUT2D eigenvalue weighted by molar-refractivity contribution is 9.11. The molecule has 1 fully saturated rings. The molecule has 0 spiro atoms. The Morgan fingerprint density at radius 2 is 0.815 bits per heavy atom. The van der Waals surface area contributed by atoms with E-state index in [2.05, 4.69) is 183 Å².